The van der Waals surface area contributed by atoms with Gasteiger partial charge in [-0.1, -0.05) is 0 Å². The summed E-state index contributed by atoms with van der Waals surface area (Å²) in [4.78, 5) is 17.1. The highest BCUT2D eigenvalue weighted by molar-refractivity contribution is 5.72. The monoisotopic (exact) mass is 165 g/mol. The number of hydrogen-bond donors (Lipinski definition) is 2. The fourth-order valence-electron chi connectivity index (χ4n) is 0.989. The van der Waals surface area contributed by atoms with Crippen molar-refractivity contribution >= 4 is 16.9 Å². The SMILES string of the molecule is Cc1nc2oc(=O)[nH]c2cc1N. The van der Waals surface area contributed by atoms with Crippen LogP contribution in [0.15, 0.2) is 15.3 Å². The van der Waals surface area contributed by atoms with E-state index in [1.54, 1.807) is 13.0 Å². The molecule has 0 saturated heterocycles. The molecule has 0 radical (unpaired) electrons. The Bertz CT molecular complexity index is 441. The third-order valence-electron chi connectivity index (χ3n) is 1.64. The van der Waals surface area contributed by atoms with Gasteiger partial charge in [-0.2, -0.15) is 0 Å². The molecule has 5 heteroatoms. The van der Waals surface area contributed by atoms with Crippen molar-refractivity contribution in [1.29, 1.82) is 0 Å². The van der Waals surface area contributed by atoms with Crippen molar-refractivity contribution in [2.45, 2.75) is 6.92 Å². The van der Waals surface area contributed by atoms with E-state index in [9.17, 15) is 4.79 Å². The van der Waals surface area contributed by atoms with E-state index in [0.29, 0.717) is 22.6 Å². The zero-order valence-corrected chi connectivity index (χ0v) is 6.42. The molecule has 62 valence electrons. The molecule has 0 aromatic carbocycles. The first kappa shape index (κ1) is 6.90. The topological polar surface area (TPSA) is 84.9 Å². The van der Waals surface area contributed by atoms with Crippen LogP contribution in [0, 0.1) is 6.92 Å². The molecule has 5 nitrogen and oxygen atoms in total. The van der Waals surface area contributed by atoms with Gasteiger partial charge in [0, 0.05) is 0 Å². The Balaban J connectivity index is 2.92. The second kappa shape index (κ2) is 2.10. The first-order valence-electron chi connectivity index (χ1n) is 3.43. The summed E-state index contributed by atoms with van der Waals surface area (Å²) in [5.41, 5.74) is 7.60. The van der Waals surface area contributed by atoms with Gasteiger partial charge in [0.15, 0.2) is 0 Å². The molecule has 2 aromatic heterocycles. The number of pyridine rings is 1. The van der Waals surface area contributed by atoms with Crippen LogP contribution in [0.2, 0.25) is 0 Å². The van der Waals surface area contributed by atoms with Gasteiger partial charge < -0.3 is 10.2 Å². The number of anilines is 1. The summed E-state index contributed by atoms with van der Waals surface area (Å²) in [5, 5.41) is 0. The Morgan fingerprint density at radius 2 is 2.42 bits per heavy atom. The van der Waals surface area contributed by atoms with E-state index in [1.165, 1.54) is 0 Å². The van der Waals surface area contributed by atoms with Gasteiger partial charge in [-0.15, -0.1) is 0 Å². The lowest BCUT2D eigenvalue weighted by Gasteiger charge is -1.95. The minimum atomic E-state index is -0.512. The maximum absolute atomic E-state index is 10.7. The van der Waals surface area contributed by atoms with Crippen LogP contribution >= 0.6 is 0 Å². The first-order valence-corrected chi connectivity index (χ1v) is 3.43. The summed E-state index contributed by atoms with van der Waals surface area (Å²) in [6.07, 6.45) is 0. The third-order valence-corrected chi connectivity index (χ3v) is 1.64. The minimum Gasteiger partial charge on any atom is -0.397 e. The number of nitrogens with zero attached hydrogens (tertiary/aromatic N) is 1. The quantitative estimate of drug-likeness (QED) is 0.592. The Kier molecular flexibility index (Phi) is 1.21. The predicted octanol–water partition coefficient (Wildman–Crippen LogP) is 0.407. The van der Waals surface area contributed by atoms with Crippen molar-refractivity contribution in [2.75, 3.05) is 5.73 Å². The summed E-state index contributed by atoms with van der Waals surface area (Å²) in [7, 11) is 0. The molecule has 0 aliphatic carbocycles. The zero-order valence-electron chi connectivity index (χ0n) is 6.42. The van der Waals surface area contributed by atoms with Crippen molar-refractivity contribution < 1.29 is 4.42 Å². The number of nitrogens with one attached hydrogen (secondary N) is 1. The van der Waals surface area contributed by atoms with E-state index in [2.05, 4.69) is 9.97 Å². The molecule has 2 aromatic rings. The average molecular weight is 165 g/mol. The van der Waals surface area contributed by atoms with Crippen LogP contribution in [0.1, 0.15) is 5.69 Å². The van der Waals surface area contributed by atoms with Crippen LogP contribution in [-0.4, -0.2) is 9.97 Å². The Morgan fingerprint density at radius 1 is 1.67 bits per heavy atom. The molecule has 3 N–H and O–H groups in total. The molecule has 2 rings (SSSR count). The van der Waals surface area contributed by atoms with Crippen molar-refractivity contribution in [1.82, 2.24) is 9.97 Å². The van der Waals surface area contributed by atoms with Crippen LogP contribution in [-0.2, 0) is 0 Å². The number of nitrogen functional groups attached to an aromatic ring is 1. The lowest BCUT2D eigenvalue weighted by Crippen LogP contribution is -1.93. The van der Waals surface area contributed by atoms with Crippen molar-refractivity contribution in [3.05, 3.63) is 22.3 Å². The van der Waals surface area contributed by atoms with Gasteiger partial charge in [0.25, 0.3) is 0 Å². The van der Waals surface area contributed by atoms with Crippen molar-refractivity contribution in [3.8, 4) is 0 Å². The second-order valence-corrected chi connectivity index (χ2v) is 2.53. The lowest BCUT2D eigenvalue weighted by atomic mass is 10.3. The van der Waals surface area contributed by atoms with E-state index in [1.807, 2.05) is 0 Å². The van der Waals surface area contributed by atoms with Gasteiger partial charge >= 0.3 is 5.76 Å². The summed E-state index contributed by atoms with van der Waals surface area (Å²) < 4.78 is 4.73. The molecule has 0 unspecified atom stereocenters. The average Bonchev–Trinajstić information content (AvgIpc) is 2.30. The normalized spacial score (nSPS) is 10.8. The van der Waals surface area contributed by atoms with E-state index >= 15 is 0 Å². The number of rotatable bonds is 0. The number of fused-ring (bicyclic) bond motifs is 1. The van der Waals surface area contributed by atoms with Gasteiger partial charge in [-0.25, -0.2) is 9.78 Å². The van der Waals surface area contributed by atoms with Crippen LogP contribution < -0.4 is 11.5 Å². The molecular formula is C7H7N3O2. The van der Waals surface area contributed by atoms with Gasteiger partial charge in [-0.05, 0) is 13.0 Å². The second-order valence-electron chi connectivity index (χ2n) is 2.53. The summed E-state index contributed by atoms with van der Waals surface area (Å²) in [6, 6.07) is 1.63. The summed E-state index contributed by atoms with van der Waals surface area (Å²) >= 11 is 0. The molecule has 0 aliphatic heterocycles. The first-order chi connectivity index (χ1) is 5.66. The van der Waals surface area contributed by atoms with E-state index in [-0.39, 0.29) is 0 Å². The summed E-state index contributed by atoms with van der Waals surface area (Å²) in [6.45, 7) is 1.75. The van der Waals surface area contributed by atoms with Crippen LogP contribution in [0.25, 0.3) is 11.2 Å². The molecule has 2 heterocycles. The van der Waals surface area contributed by atoms with Gasteiger partial charge in [0.2, 0.25) is 5.71 Å². The van der Waals surface area contributed by atoms with Crippen LogP contribution in [0.3, 0.4) is 0 Å². The van der Waals surface area contributed by atoms with Gasteiger partial charge in [0.05, 0.1) is 11.4 Å². The van der Waals surface area contributed by atoms with Crippen LogP contribution in [0.5, 0.6) is 0 Å². The number of nitrogens with two attached hydrogens (primary N) is 1. The maximum atomic E-state index is 10.7. The highest BCUT2D eigenvalue weighted by atomic mass is 16.4. The molecule has 0 bridgehead atoms. The molecule has 0 saturated carbocycles. The molecule has 0 fully saturated rings. The van der Waals surface area contributed by atoms with E-state index < -0.39 is 5.76 Å². The molecular weight excluding hydrogens is 158 g/mol. The number of aryl methyl sites for hydroxylation is 1. The molecule has 0 amide bonds. The minimum absolute atomic E-state index is 0.298. The molecule has 0 spiro atoms. The molecule has 0 atom stereocenters. The van der Waals surface area contributed by atoms with E-state index in [0.717, 1.165) is 0 Å². The fourth-order valence-corrected chi connectivity index (χ4v) is 0.989. The highest BCUT2D eigenvalue weighted by Gasteiger charge is 2.04. The fraction of sp³-hybridized carbons (Fsp3) is 0.143. The number of aromatic nitrogens is 2. The van der Waals surface area contributed by atoms with Gasteiger partial charge in [-0.3, -0.25) is 4.98 Å². The Morgan fingerprint density at radius 3 is 3.17 bits per heavy atom. The summed E-state index contributed by atoms with van der Waals surface area (Å²) in [5.74, 6) is -0.512. The van der Waals surface area contributed by atoms with E-state index in [4.69, 9.17) is 10.2 Å². The number of oxazole rings is 1. The van der Waals surface area contributed by atoms with Crippen LogP contribution in [0.4, 0.5) is 5.69 Å². The highest BCUT2D eigenvalue weighted by Crippen LogP contribution is 2.13. The number of H-pyrrole nitrogens is 1. The Hall–Kier alpha value is -1.78. The Labute approximate surface area is 67.2 Å². The largest absolute Gasteiger partial charge is 0.418 e. The maximum Gasteiger partial charge on any atom is 0.418 e. The standard InChI is InChI=1S/C7H7N3O2/c1-3-4(8)2-5-6(9-3)12-7(11)10-5/h2H,8H2,1H3,(H,10,11). The van der Waals surface area contributed by atoms with Gasteiger partial charge in [0.1, 0.15) is 5.52 Å². The number of aromatic amines is 1. The number of hydrogen-bond acceptors (Lipinski definition) is 4. The molecule has 12 heavy (non-hydrogen) atoms. The molecule has 0 aliphatic rings. The van der Waals surface area contributed by atoms with Crippen molar-refractivity contribution in [3.63, 3.8) is 0 Å². The predicted molar refractivity (Wildman–Crippen MR) is 43.8 cm³/mol. The van der Waals surface area contributed by atoms with Crippen molar-refractivity contribution in [2.24, 2.45) is 0 Å². The smallest absolute Gasteiger partial charge is 0.397 e. The zero-order chi connectivity index (χ0) is 8.72. The lowest BCUT2D eigenvalue weighted by molar-refractivity contribution is 0.545. The third kappa shape index (κ3) is 0.868.